The molecule has 0 aliphatic heterocycles. The normalized spacial score (nSPS) is 10.7. The number of rotatable bonds is 4. The molecule has 0 saturated carbocycles. The van der Waals surface area contributed by atoms with Gasteiger partial charge in [-0.1, -0.05) is 30.8 Å². The lowest BCUT2D eigenvalue weighted by atomic mass is 10.0. The Kier molecular flexibility index (Phi) is 4.70. The van der Waals surface area contributed by atoms with E-state index in [1.54, 1.807) is 30.5 Å². The molecule has 4 rings (SSSR count). The molecule has 2 aromatic heterocycles. The summed E-state index contributed by atoms with van der Waals surface area (Å²) in [6.45, 7) is 3.83. The summed E-state index contributed by atoms with van der Waals surface area (Å²) in [7, 11) is 0. The molecule has 0 atom stereocenters. The number of anilines is 2. The number of nitrogens with zero attached hydrogens (tertiary/aromatic N) is 1. The molecule has 6 nitrogen and oxygen atoms in total. The van der Waals surface area contributed by atoms with Crippen LogP contribution in [0.25, 0.3) is 27.9 Å². The largest absolute Gasteiger partial charge is 0.398 e. The minimum Gasteiger partial charge on any atom is -0.398 e. The van der Waals surface area contributed by atoms with Gasteiger partial charge in [-0.05, 0) is 42.0 Å². The van der Waals surface area contributed by atoms with Crippen LogP contribution in [0.5, 0.6) is 0 Å². The summed E-state index contributed by atoms with van der Waals surface area (Å²) >= 11 is 0. The number of pyridine rings is 1. The number of hydrogen-bond acceptors (Lipinski definition) is 3. The van der Waals surface area contributed by atoms with Crippen molar-refractivity contribution in [1.29, 1.82) is 0 Å². The van der Waals surface area contributed by atoms with Crippen molar-refractivity contribution in [2.75, 3.05) is 10.6 Å². The van der Waals surface area contributed by atoms with E-state index in [0.717, 1.165) is 22.2 Å². The zero-order chi connectivity index (χ0) is 20.4. The highest BCUT2D eigenvalue weighted by atomic mass is 19.1. The van der Waals surface area contributed by atoms with Crippen molar-refractivity contribution >= 4 is 34.1 Å². The van der Waals surface area contributed by atoms with Gasteiger partial charge in [0.25, 0.3) is 0 Å². The highest BCUT2D eigenvalue weighted by Crippen LogP contribution is 2.33. The van der Waals surface area contributed by atoms with Crippen LogP contribution in [-0.4, -0.2) is 16.0 Å². The number of benzene rings is 2. The Balaban J connectivity index is 1.58. The highest BCUT2D eigenvalue weighted by molar-refractivity contribution is 6.01. The average Bonchev–Trinajstić information content (AvgIpc) is 3.10. The topological polar surface area (TPSA) is 95.8 Å². The van der Waals surface area contributed by atoms with Crippen LogP contribution in [0.15, 0.2) is 73.4 Å². The first-order valence-corrected chi connectivity index (χ1v) is 8.87. The van der Waals surface area contributed by atoms with Crippen LogP contribution in [0, 0.1) is 5.82 Å². The SMILES string of the molecule is C=C(N)c1[nH]c2cccnc2c1-c1ccc(NC(=O)Nc2ccccc2F)cc1. The van der Waals surface area contributed by atoms with E-state index in [2.05, 4.69) is 27.2 Å². The maximum absolute atomic E-state index is 13.7. The van der Waals surface area contributed by atoms with Gasteiger partial charge in [0.1, 0.15) is 5.82 Å². The van der Waals surface area contributed by atoms with Crippen LogP contribution < -0.4 is 16.4 Å². The molecule has 0 bridgehead atoms. The Morgan fingerprint density at radius 3 is 2.52 bits per heavy atom. The molecular formula is C22H18FN5O. The number of halogens is 1. The third kappa shape index (κ3) is 3.66. The number of hydrogen-bond donors (Lipinski definition) is 4. The molecule has 144 valence electrons. The fourth-order valence-corrected chi connectivity index (χ4v) is 3.11. The number of H-pyrrole nitrogens is 1. The maximum atomic E-state index is 13.7. The van der Waals surface area contributed by atoms with Crippen molar-refractivity contribution in [2.45, 2.75) is 0 Å². The monoisotopic (exact) mass is 387 g/mol. The van der Waals surface area contributed by atoms with E-state index in [9.17, 15) is 9.18 Å². The van der Waals surface area contributed by atoms with E-state index in [-0.39, 0.29) is 5.69 Å². The second-order valence-electron chi connectivity index (χ2n) is 6.44. The first kappa shape index (κ1) is 18.2. The van der Waals surface area contributed by atoms with Crippen molar-refractivity contribution in [3.05, 3.63) is 85.0 Å². The maximum Gasteiger partial charge on any atom is 0.323 e. The molecular weight excluding hydrogens is 369 g/mol. The van der Waals surface area contributed by atoms with Crippen LogP contribution in [-0.2, 0) is 0 Å². The van der Waals surface area contributed by atoms with Crippen LogP contribution in [0.1, 0.15) is 5.69 Å². The molecule has 0 aliphatic rings. The molecule has 7 heteroatoms. The fraction of sp³-hybridized carbons (Fsp3) is 0. The Morgan fingerprint density at radius 2 is 1.79 bits per heavy atom. The van der Waals surface area contributed by atoms with Gasteiger partial charge in [0.05, 0.1) is 22.4 Å². The van der Waals surface area contributed by atoms with E-state index in [1.807, 2.05) is 24.3 Å². The van der Waals surface area contributed by atoms with Gasteiger partial charge in [0.2, 0.25) is 0 Å². The van der Waals surface area contributed by atoms with Gasteiger partial charge in [-0.25, -0.2) is 9.18 Å². The molecule has 0 aliphatic carbocycles. The lowest BCUT2D eigenvalue weighted by Crippen LogP contribution is -2.20. The van der Waals surface area contributed by atoms with Crippen molar-refractivity contribution < 1.29 is 9.18 Å². The number of urea groups is 1. The van der Waals surface area contributed by atoms with Crippen molar-refractivity contribution in [2.24, 2.45) is 5.73 Å². The molecule has 0 radical (unpaired) electrons. The second kappa shape index (κ2) is 7.47. The first-order chi connectivity index (χ1) is 14.0. The number of aromatic nitrogens is 2. The highest BCUT2D eigenvalue weighted by Gasteiger charge is 2.15. The molecule has 2 aromatic carbocycles. The quantitative estimate of drug-likeness (QED) is 0.399. The number of nitrogens with two attached hydrogens (primary N) is 1. The minimum absolute atomic E-state index is 0.109. The zero-order valence-corrected chi connectivity index (χ0v) is 15.4. The number of para-hydroxylation sites is 1. The van der Waals surface area contributed by atoms with Crippen molar-refractivity contribution in [3.63, 3.8) is 0 Å². The number of nitrogens with one attached hydrogen (secondary N) is 3. The summed E-state index contributed by atoms with van der Waals surface area (Å²) in [6, 6.07) is 16.4. The third-order valence-corrected chi connectivity index (χ3v) is 4.43. The van der Waals surface area contributed by atoms with E-state index in [4.69, 9.17) is 5.73 Å². The second-order valence-corrected chi connectivity index (χ2v) is 6.44. The molecule has 4 aromatic rings. The lowest BCUT2D eigenvalue weighted by molar-refractivity contribution is 0.262. The van der Waals surface area contributed by atoms with Gasteiger partial charge in [-0.3, -0.25) is 4.98 Å². The summed E-state index contributed by atoms with van der Waals surface area (Å²) in [6.07, 6.45) is 1.71. The van der Waals surface area contributed by atoms with E-state index < -0.39 is 11.8 Å². The Morgan fingerprint density at radius 1 is 1.03 bits per heavy atom. The van der Waals surface area contributed by atoms with Gasteiger partial charge < -0.3 is 21.4 Å². The average molecular weight is 387 g/mol. The van der Waals surface area contributed by atoms with E-state index in [1.165, 1.54) is 12.1 Å². The Labute approximate surface area is 166 Å². The van der Waals surface area contributed by atoms with Gasteiger partial charge in [0.15, 0.2) is 0 Å². The van der Waals surface area contributed by atoms with Gasteiger partial charge in [0, 0.05) is 23.1 Å². The van der Waals surface area contributed by atoms with Crippen molar-refractivity contribution in [3.8, 4) is 11.1 Å². The van der Waals surface area contributed by atoms with E-state index in [0.29, 0.717) is 17.1 Å². The molecule has 29 heavy (non-hydrogen) atoms. The smallest absolute Gasteiger partial charge is 0.323 e. The van der Waals surface area contributed by atoms with Crippen LogP contribution >= 0.6 is 0 Å². The summed E-state index contributed by atoms with van der Waals surface area (Å²) < 4.78 is 13.7. The van der Waals surface area contributed by atoms with Crippen molar-refractivity contribution in [1.82, 2.24) is 9.97 Å². The van der Waals surface area contributed by atoms with E-state index >= 15 is 0 Å². The summed E-state index contributed by atoms with van der Waals surface area (Å²) in [4.78, 5) is 19.8. The van der Waals surface area contributed by atoms with Crippen LogP contribution in [0.3, 0.4) is 0 Å². The summed E-state index contributed by atoms with van der Waals surface area (Å²) in [5, 5.41) is 5.16. The number of amides is 2. The molecule has 2 heterocycles. The zero-order valence-electron chi connectivity index (χ0n) is 15.4. The number of carbonyl (C=O) groups is 1. The minimum atomic E-state index is -0.535. The first-order valence-electron chi connectivity index (χ1n) is 8.87. The Bertz CT molecular complexity index is 1210. The van der Waals surface area contributed by atoms with Gasteiger partial charge in [-0.15, -0.1) is 0 Å². The molecule has 5 N–H and O–H groups in total. The van der Waals surface area contributed by atoms with Gasteiger partial charge >= 0.3 is 6.03 Å². The van der Waals surface area contributed by atoms with Crippen LogP contribution in [0.4, 0.5) is 20.6 Å². The number of carbonyl (C=O) groups excluding carboxylic acids is 1. The summed E-state index contributed by atoms with van der Waals surface area (Å²) in [5.41, 5.74) is 11.1. The fourth-order valence-electron chi connectivity index (χ4n) is 3.11. The van der Waals surface area contributed by atoms with Crippen LogP contribution in [0.2, 0.25) is 0 Å². The molecule has 2 amide bonds. The lowest BCUT2D eigenvalue weighted by Gasteiger charge is -2.09. The van der Waals surface area contributed by atoms with Gasteiger partial charge in [-0.2, -0.15) is 0 Å². The summed E-state index contributed by atoms with van der Waals surface area (Å²) in [5.74, 6) is -0.501. The molecule has 0 unspecified atom stereocenters. The predicted molar refractivity (Wildman–Crippen MR) is 114 cm³/mol. The number of fused-ring (bicyclic) bond motifs is 1. The Hall–Kier alpha value is -4.13. The predicted octanol–water partition coefficient (Wildman–Crippen LogP) is 4.94. The third-order valence-electron chi connectivity index (χ3n) is 4.43. The molecule has 0 spiro atoms. The molecule has 0 saturated heterocycles. The number of aromatic amines is 1. The standard InChI is InChI=1S/C22H18FN5O/c1-13(24)20-19(21-18(27-20)7-4-12-25-21)14-8-10-15(11-9-14)26-22(29)28-17-6-3-2-5-16(17)23/h2-12,27H,1,24H2,(H2,26,28,29). The molecule has 0 fully saturated rings.